The third kappa shape index (κ3) is 6.14. The van der Waals surface area contributed by atoms with E-state index in [4.69, 9.17) is 0 Å². The van der Waals surface area contributed by atoms with Gasteiger partial charge >= 0.3 is 0 Å². The number of nitrogens with one attached hydrogen (secondary N) is 2. The van der Waals surface area contributed by atoms with Crippen molar-refractivity contribution in [3.63, 3.8) is 0 Å². The summed E-state index contributed by atoms with van der Waals surface area (Å²) in [5.74, 6) is 1.09. The van der Waals surface area contributed by atoms with Crippen molar-refractivity contribution in [1.82, 2.24) is 15.5 Å². The third-order valence-corrected chi connectivity index (χ3v) is 4.81. The fourth-order valence-electron chi connectivity index (χ4n) is 3.13. The lowest BCUT2D eigenvalue weighted by Crippen LogP contribution is -2.48. The van der Waals surface area contributed by atoms with Gasteiger partial charge in [0.1, 0.15) is 0 Å². The molecule has 1 amide bonds. The fraction of sp³-hybridized carbons (Fsp3) is 0.600. The minimum Gasteiger partial charge on any atom is -0.356 e. The van der Waals surface area contributed by atoms with Crippen LogP contribution in [0.4, 0.5) is 0 Å². The summed E-state index contributed by atoms with van der Waals surface area (Å²) in [6.07, 6.45) is 0.960. The first kappa shape index (κ1) is 22.7. The number of rotatable bonds is 5. The number of carbonyl (C=O) groups is 1. The summed E-state index contributed by atoms with van der Waals surface area (Å²) in [6.45, 7) is 10.7. The molecule has 5 nitrogen and oxygen atoms in total. The Balaban J connectivity index is 0.00000338. The molecule has 0 aliphatic carbocycles. The van der Waals surface area contributed by atoms with Crippen molar-refractivity contribution >= 4 is 35.8 Å². The molecule has 1 atom stereocenters. The molecule has 1 aliphatic heterocycles. The highest BCUT2D eigenvalue weighted by atomic mass is 127. The molecular formula is C20H33IN4O. The second-order valence-corrected chi connectivity index (χ2v) is 7.74. The number of aliphatic imine (C=N–C) groups is 1. The van der Waals surface area contributed by atoms with E-state index in [1.54, 1.807) is 7.05 Å². The Kier molecular flexibility index (Phi) is 8.86. The molecule has 2 rings (SSSR count). The Morgan fingerprint density at radius 1 is 1.31 bits per heavy atom. The van der Waals surface area contributed by atoms with E-state index >= 15 is 0 Å². The molecule has 1 aromatic rings. The first-order valence-electron chi connectivity index (χ1n) is 9.15. The van der Waals surface area contributed by atoms with Crippen LogP contribution in [-0.2, 0) is 10.2 Å². The van der Waals surface area contributed by atoms with Crippen LogP contribution < -0.4 is 10.6 Å². The molecule has 6 heteroatoms. The van der Waals surface area contributed by atoms with E-state index in [1.165, 1.54) is 5.56 Å². The smallest absolute Gasteiger partial charge is 0.225 e. The van der Waals surface area contributed by atoms with Crippen LogP contribution in [0.2, 0.25) is 0 Å². The molecule has 0 spiro atoms. The summed E-state index contributed by atoms with van der Waals surface area (Å²) in [5, 5.41) is 6.90. The average molecular weight is 472 g/mol. The number of hydrogen-bond donors (Lipinski definition) is 2. The SMILES string of the molecule is CN=C(NCC(C)(C)c1ccccc1)NC1CCN(C(=O)C(C)C)C1.I. The summed E-state index contributed by atoms with van der Waals surface area (Å²) in [7, 11) is 1.79. The number of hydrogen-bond acceptors (Lipinski definition) is 2. The van der Waals surface area contributed by atoms with Gasteiger partial charge in [-0.05, 0) is 12.0 Å². The van der Waals surface area contributed by atoms with Crippen molar-refractivity contribution in [1.29, 1.82) is 0 Å². The summed E-state index contributed by atoms with van der Waals surface area (Å²) in [5.41, 5.74) is 1.31. The van der Waals surface area contributed by atoms with Gasteiger partial charge in [0.05, 0.1) is 0 Å². The van der Waals surface area contributed by atoms with Crippen LogP contribution in [0.25, 0.3) is 0 Å². The Hall–Kier alpha value is -1.31. The van der Waals surface area contributed by atoms with Gasteiger partial charge in [-0.3, -0.25) is 9.79 Å². The maximum atomic E-state index is 12.1. The zero-order valence-electron chi connectivity index (χ0n) is 16.6. The molecular weight excluding hydrogens is 439 g/mol. The molecule has 1 aliphatic rings. The van der Waals surface area contributed by atoms with Gasteiger partial charge < -0.3 is 15.5 Å². The summed E-state index contributed by atoms with van der Waals surface area (Å²) in [4.78, 5) is 18.4. The van der Waals surface area contributed by atoms with Gasteiger partial charge in [0, 0.05) is 44.1 Å². The number of carbonyl (C=O) groups excluding carboxylic acids is 1. The largest absolute Gasteiger partial charge is 0.356 e. The van der Waals surface area contributed by atoms with Gasteiger partial charge in [0.2, 0.25) is 5.91 Å². The molecule has 146 valence electrons. The maximum absolute atomic E-state index is 12.1. The highest BCUT2D eigenvalue weighted by Gasteiger charge is 2.28. The number of benzene rings is 1. The van der Waals surface area contributed by atoms with Gasteiger partial charge in [0.15, 0.2) is 5.96 Å². The number of guanidine groups is 1. The van der Waals surface area contributed by atoms with E-state index in [9.17, 15) is 4.79 Å². The minimum atomic E-state index is 0. The molecule has 1 aromatic carbocycles. The average Bonchev–Trinajstić information content (AvgIpc) is 3.07. The van der Waals surface area contributed by atoms with Crippen molar-refractivity contribution in [2.75, 3.05) is 26.7 Å². The number of halogens is 1. The molecule has 0 saturated carbocycles. The van der Waals surface area contributed by atoms with E-state index < -0.39 is 0 Å². The van der Waals surface area contributed by atoms with Crippen molar-refractivity contribution < 1.29 is 4.79 Å². The lowest BCUT2D eigenvalue weighted by molar-refractivity contribution is -0.133. The quantitative estimate of drug-likeness (QED) is 0.394. The van der Waals surface area contributed by atoms with E-state index in [-0.39, 0.29) is 47.3 Å². The van der Waals surface area contributed by atoms with Crippen LogP contribution in [-0.4, -0.2) is 49.5 Å². The van der Waals surface area contributed by atoms with Crippen LogP contribution in [0.1, 0.15) is 39.7 Å². The van der Waals surface area contributed by atoms with Crippen LogP contribution in [0.15, 0.2) is 35.3 Å². The van der Waals surface area contributed by atoms with E-state index in [0.717, 1.165) is 32.0 Å². The third-order valence-electron chi connectivity index (χ3n) is 4.81. The number of nitrogens with zero attached hydrogens (tertiary/aromatic N) is 2. The second kappa shape index (κ2) is 10.1. The first-order valence-corrected chi connectivity index (χ1v) is 9.15. The zero-order valence-corrected chi connectivity index (χ0v) is 18.9. The minimum absolute atomic E-state index is 0. The predicted octanol–water partition coefficient (Wildman–Crippen LogP) is 3.00. The molecule has 1 saturated heterocycles. The topological polar surface area (TPSA) is 56.7 Å². The predicted molar refractivity (Wildman–Crippen MR) is 119 cm³/mol. The van der Waals surface area contributed by atoms with Gasteiger partial charge in [-0.25, -0.2) is 0 Å². The van der Waals surface area contributed by atoms with Gasteiger partial charge in [-0.1, -0.05) is 58.0 Å². The first-order chi connectivity index (χ1) is 11.8. The molecule has 0 radical (unpaired) electrons. The van der Waals surface area contributed by atoms with Crippen molar-refractivity contribution in [3.05, 3.63) is 35.9 Å². The Labute approximate surface area is 175 Å². The van der Waals surface area contributed by atoms with E-state index in [0.29, 0.717) is 0 Å². The molecule has 0 aromatic heterocycles. The van der Waals surface area contributed by atoms with Crippen LogP contribution in [0.3, 0.4) is 0 Å². The lowest BCUT2D eigenvalue weighted by atomic mass is 9.85. The maximum Gasteiger partial charge on any atom is 0.225 e. The van der Waals surface area contributed by atoms with Crippen LogP contribution in [0.5, 0.6) is 0 Å². The zero-order chi connectivity index (χ0) is 18.4. The summed E-state index contributed by atoms with van der Waals surface area (Å²) in [6, 6.07) is 10.8. The van der Waals surface area contributed by atoms with Gasteiger partial charge in [0.25, 0.3) is 0 Å². The van der Waals surface area contributed by atoms with Crippen molar-refractivity contribution in [3.8, 4) is 0 Å². The van der Waals surface area contributed by atoms with E-state index in [2.05, 4.69) is 53.7 Å². The van der Waals surface area contributed by atoms with Crippen molar-refractivity contribution in [2.24, 2.45) is 10.9 Å². The molecule has 1 unspecified atom stereocenters. The number of likely N-dealkylation sites (tertiary alicyclic amines) is 1. The normalized spacial score (nSPS) is 17.8. The monoisotopic (exact) mass is 472 g/mol. The lowest BCUT2D eigenvalue weighted by Gasteiger charge is -2.27. The van der Waals surface area contributed by atoms with Crippen LogP contribution in [0, 0.1) is 5.92 Å². The molecule has 1 heterocycles. The molecule has 26 heavy (non-hydrogen) atoms. The second-order valence-electron chi connectivity index (χ2n) is 7.74. The van der Waals surface area contributed by atoms with Crippen molar-refractivity contribution in [2.45, 2.75) is 45.6 Å². The standard InChI is InChI=1S/C20H32N4O.HI/c1-15(2)18(25)24-12-11-17(13-24)23-19(21-5)22-14-20(3,4)16-9-7-6-8-10-16;/h6-10,15,17H,11-14H2,1-5H3,(H2,21,22,23);1H. The Morgan fingerprint density at radius 3 is 2.54 bits per heavy atom. The Morgan fingerprint density at radius 2 is 1.96 bits per heavy atom. The molecule has 2 N–H and O–H groups in total. The van der Waals surface area contributed by atoms with Gasteiger partial charge in [-0.15, -0.1) is 24.0 Å². The van der Waals surface area contributed by atoms with E-state index in [1.807, 2.05) is 24.8 Å². The molecule has 0 bridgehead atoms. The molecule has 1 fully saturated rings. The summed E-state index contributed by atoms with van der Waals surface area (Å²) >= 11 is 0. The Bertz CT molecular complexity index is 601. The number of amides is 1. The highest BCUT2D eigenvalue weighted by molar-refractivity contribution is 14.0. The highest BCUT2D eigenvalue weighted by Crippen LogP contribution is 2.21. The van der Waals surface area contributed by atoms with Gasteiger partial charge in [-0.2, -0.15) is 0 Å². The fourth-order valence-corrected chi connectivity index (χ4v) is 3.13. The summed E-state index contributed by atoms with van der Waals surface area (Å²) < 4.78 is 0. The van der Waals surface area contributed by atoms with Crippen LogP contribution >= 0.6 is 24.0 Å².